The minimum Gasteiger partial charge on any atom is -0.374 e. The summed E-state index contributed by atoms with van der Waals surface area (Å²) in [7, 11) is 0. The SMILES string of the molecule is CC(=O)N[C@@H](COC1OC(COCc2ccccc2)C(OCc2ccccc2)C(OCc2ccccc2)C1OCc1ccccc1)[C@@H]1OC(C)(C)O[C@@H]1CC1CCCC1. The van der Waals surface area contributed by atoms with Gasteiger partial charge in [-0.05, 0) is 48.4 Å². The number of benzene rings is 4. The van der Waals surface area contributed by atoms with Crippen LogP contribution in [0.1, 0.15) is 75.1 Å². The molecule has 59 heavy (non-hydrogen) atoms. The fourth-order valence-corrected chi connectivity index (χ4v) is 8.52. The van der Waals surface area contributed by atoms with Crippen LogP contribution < -0.4 is 5.32 Å². The van der Waals surface area contributed by atoms with Crippen LogP contribution in [-0.2, 0) is 69.1 Å². The summed E-state index contributed by atoms with van der Waals surface area (Å²) in [5.41, 5.74) is 4.07. The fourth-order valence-electron chi connectivity index (χ4n) is 8.52. The Morgan fingerprint density at radius 1 is 0.644 bits per heavy atom. The first kappa shape index (κ1) is 43.1. The van der Waals surface area contributed by atoms with Gasteiger partial charge in [0.05, 0.1) is 51.8 Å². The van der Waals surface area contributed by atoms with Crippen molar-refractivity contribution in [2.75, 3.05) is 13.2 Å². The highest BCUT2D eigenvalue weighted by Crippen LogP contribution is 2.38. The number of nitrogens with one attached hydrogen (secondary N) is 1. The summed E-state index contributed by atoms with van der Waals surface area (Å²) in [5, 5.41) is 3.15. The Labute approximate surface area is 349 Å². The predicted octanol–water partition coefficient (Wildman–Crippen LogP) is 8.31. The molecule has 2 heterocycles. The van der Waals surface area contributed by atoms with E-state index >= 15 is 0 Å². The minimum atomic E-state index is -0.929. The molecular weight excluding hydrogens is 747 g/mol. The van der Waals surface area contributed by atoms with Crippen LogP contribution >= 0.6 is 0 Å². The quantitative estimate of drug-likeness (QED) is 0.0945. The molecule has 1 N–H and O–H groups in total. The lowest BCUT2D eigenvalue weighted by Crippen LogP contribution is -2.62. The molecule has 316 valence electrons. The highest BCUT2D eigenvalue weighted by Gasteiger charge is 2.51. The van der Waals surface area contributed by atoms with Crippen molar-refractivity contribution in [3.05, 3.63) is 144 Å². The molecule has 4 aromatic carbocycles. The lowest BCUT2D eigenvalue weighted by molar-refractivity contribution is -0.329. The number of amides is 1. The van der Waals surface area contributed by atoms with Crippen molar-refractivity contribution in [1.82, 2.24) is 5.32 Å². The van der Waals surface area contributed by atoms with E-state index < -0.39 is 48.6 Å². The van der Waals surface area contributed by atoms with Gasteiger partial charge in [0.2, 0.25) is 5.91 Å². The normalized spacial score (nSPS) is 26.1. The third-order valence-electron chi connectivity index (χ3n) is 11.3. The number of hydrogen-bond acceptors (Lipinski definition) is 9. The molecule has 0 aromatic heterocycles. The molecule has 1 saturated carbocycles. The van der Waals surface area contributed by atoms with Crippen LogP contribution in [0.2, 0.25) is 0 Å². The molecule has 2 saturated heterocycles. The summed E-state index contributed by atoms with van der Waals surface area (Å²) in [4.78, 5) is 12.8. The number of carbonyl (C=O) groups is 1. The Balaban J connectivity index is 1.19. The summed E-state index contributed by atoms with van der Waals surface area (Å²) >= 11 is 0. The first-order valence-electron chi connectivity index (χ1n) is 21.3. The van der Waals surface area contributed by atoms with E-state index in [1.807, 2.05) is 135 Å². The van der Waals surface area contributed by atoms with Gasteiger partial charge in [-0.25, -0.2) is 0 Å². The summed E-state index contributed by atoms with van der Waals surface area (Å²) in [6.45, 7) is 6.99. The van der Waals surface area contributed by atoms with Gasteiger partial charge >= 0.3 is 0 Å². The molecule has 1 amide bonds. The zero-order valence-corrected chi connectivity index (χ0v) is 34.7. The van der Waals surface area contributed by atoms with Gasteiger partial charge < -0.3 is 43.2 Å². The van der Waals surface area contributed by atoms with E-state index in [2.05, 4.69) is 5.32 Å². The first-order valence-corrected chi connectivity index (χ1v) is 21.3. The number of rotatable bonds is 20. The maximum Gasteiger partial charge on any atom is 0.217 e. The van der Waals surface area contributed by atoms with Gasteiger partial charge in [-0.2, -0.15) is 0 Å². The standard InChI is InChI=1S/C49H61NO9/c1-35(51)50-41(44-42(58-49(2,3)59-44)28-36-18-16-17-19-36)33-56-48-47(55-32-40-26-14-7-15-27-40)46(54-31-39-24-12-6-13-25-39)45(53-30-38-22-10-5-11-23-38)43(57-48)34-52-29-37-20-8-4-9-21-37/h4-15,20-27,36,41-48H,16-19,28-34H2,1-3H3,(H,50,51)/t41-,42+,43?,44-,45?,46?,47?,48?/m0/s1. The molecule has 10 heteroatoms. The second kappa shape index (κ2) is 21.5. The maximum atomic E-state index is 12.8. The predicted molar refractivity (Wildman–Crippen MR) is 224 cm³/mol. The van der Waals surface area contributed by atoms with E-state index in [0.717, 1.165) is 28.7 Å². The van der Waals surface area contributed by atoms with Crippen molar-refractivity contribution in [2.45, 2.75) is 134 Å². The van der Waals surface area contributed by atoms with E-state index in [-0.39, 0.29) is 31.8 Å². The molecule has 1 aliphatic carbocycles. The number of carbonyl (C=O) groups excluding carboxylic acids is 1. The average molecular weight is 808 g/mol. The smallest absolute Gasteiger partial charge is 0.217 e. The maximum absolute atomic E-state index is 12.8. The van der Waals surface area contributed by atoms with Crippen LogP contribution in [0.25, 0.3) is 0 Å². The molecule has 3 fully saturated rings. The van der Waals surface area contributed by atoms with Gasteiger partial charge in [-0.3, -0.25) is 4.79 Å². The average Bonchev–Trinajstić information content (AvgIpc) is 3.88. The van der Waals surface area contributed by atoms with E-state index in [0.29, 0.717) is 25.7 Å². The summed E-state index contributed by atoms with van der Waals surface area (Å²) in [6.07, 6.45) is 1.51. The van der Waals surface area contributed by atoms with Crippen LogP contribution in [0.5, 0.6) is 0 Å². The monoisotopic (exact) mass is 807 g/mol. The van der Waals surface area contributed by atoms with Gasteiger partial charge in [0.25, 0.3) is 0 Å². The van der Waals surface area contributed by atoms with Crippen LogP contribution in [0.15, 0.2) is 121 Å². The number of hydrogen-bond donors (Lipinski definition) is 1. The molecule has 3 aliphatic rings. The van der Waals surface area contributed by atoms with E-state index in [1.54, 1.807) is 0 Å². The highest BCUT2D eigenvalue weighted by molar-refractivity contribution is 5.73. The highest BCUT2D eigenvalue weighted by atomic mass is 16.8. The third kappa shape index (κ3) is 12.8. The topological polar surface area (TPSA) is 103 Å². The lowest BCUT2D eigenvalue weighted by Gasteiger charge is -2.46. The molecule has 4 aromatic rings. The first-order chi connectivity index (χ1) is 28.8. The minimum absolute atomic E-state index is 0.0826. The fraction of sp³-hybridized carbons (Fsp3) is 0.490. The molecule has 10 nitrogen and oxygen atoms in total. The van der Waals surface area contributed by atoms with Crippen LogP contribution in [0.3, 0.4) is 0 Å². The zero-order chi connectivity index (χ0) is 40.9. The van der Waals surface area contributed by atoms with Gasteiger partial charge in [0.1, 0.15) is 30.5 Å². The summed E-state index contributed by atoms with van der Waals surface area (Å²) in [5.74, 6) is -0.435. The van der Waals surface area contributed by atoms with Gasteiger partial charge in [0.15, 0.2) is 12.1 Å². The molecule has 5 unspecified atom stereocenters. The molecular formula is C49H61NO9. The lowest BCUT2D eigenvalue weighted by atomic mass is 9.94. The Kier molecular flexibility index (Phi) is 15.7. The second-order valence-corrected chi connectivity index (χ2v) is 16.5. The van der Waals surface area contributed by atoms with Crippen LogP contribution in [-0.4, -0.2) is 73.9 Å². The van der Waals surface area contributed by atoms with Crippen molar-refractivity contribution in [1.29, 1.82) is 0 Å². The van der Waals surface area contributed by atoms with E-state index in [9.17, 15) is 4.79 Å². The van der Waals surface area contributed by atoms with Crippen molar-refractivity contribution in [3.8, 4) is 0 Å². The molecule has 0 bridgehead atoms. The molecule has 8 atom stereocenters. The van der Waals surface area contributed by atoms with Gasteiger partial charge in [-0.1, -0.05) is 147 Å². The third-order valence-corrected chi connectivity index (χ3v) is 11.3. The molecule has 2 aliphatic heterocycles. The Morgan fingerprint density at radius 3 is 1.66 bits per heavy atom. The Bertz CT molecular complexity index is 1810. The van der Waals surface area contributed by atoms with Gasteiger partial charge in [0, 0.05) is 6.92 Å². The van der Waals surface area contributed by atoms with Crippen molar-refractivity contribution < 1.29 is 42.7 Å². The van der Waals surface area contributed by atoms with E-state index in [4.69, 9.17) is 37.9 Å². The van der Waals surface area contributed by atoms with E-state index in [1.165, 1.54) is 32.6 Å². The molecule has 7 rings (SSSR count). The zero-order valence-electron chi connectivity index (χ0n) is 34.7. The van der Waals surface area contributed by atoms with Crippen molar-refractivity contribution in [3.63, 3.8) is 0 Å². The van der Waals surface area contributed by atoms with Crippen molar-refractivity contribution >= 4 is 5.91 Å². The Hall–Kier alpha value is -3.97. The van der Waals surface area contributed by atoms with Crippen LogP contribution in [0.4, 0.5) is 0 Å². The van der Waals surface area contributed by atoms with Crippen molar-refractivity contribution in [2.24, 2.45) is 5.92 Å². The van der Waals surface area contributed by atoms with Gasteiger partial charge in [-0.15, -0.1) is 0 Å². The van der Waals surface area contributed by atoms with Crippen LogP contribution in [0, 0.1) is 5.92 Å². The largest absolute Gasteiger partial charge is 0.374 e. The second-order valence-electron chi connectivity index (χ2n) is 16.5. The summed E-state index contributed by atoms with van der Waals surface area (Å²) in [6, 6.07) is 39.7. The molecule has 0 spiro atoms. The summed E-state index contributed by atoms with van der Waals surface area (Å²) < 4.78 is 53.8. The molecule has 0 radical (unpaired) electrons. The number of ether oxygens (including phenoxy) is 8. The Morgan fingerprint density at radius 2 is 1.14 bits per heavy atom.